The highest BCUT2D eigenvalue weighted by Gasteiger charge is 2.17. The van der Waals surface area contributed by atoms with Crippen molar-refractivity contribution in [3.8, 4) is 11.3 Å². The number of carbonyl (C=O) groups is 2. The topological polar surface area (TPSA) is 103 Å². The monoisotopic (exact) mass is 516 g/mol. The molecule has 2 amide bonds. The van der Waals surface area contributed by atoms with Gasteiger partial charge in [-0.3, -0.25) is 14.5 Å². The Balaban J connectivity index is 1.32. The molecule has 0 aliphatic rings. The van der Waals surface area contributed by atoms with Crippen molar-refractivity contribution in [1.29, 1.82) is 0 Å². The molecule has 9 heteroatoms. The number of pyridine rings is 1. The van der Waals surface area contributed by atoms with Crippen LogP contribution in [0.3, 0.4) is 0 Å². The van der Waals surface area contributed by atoms with Gasteiger partial charge in [0.15, 0.2) is 0 Å². The Hall–Kier alpha value is -4.21. The zero-order chi connectivity index (χ0) is 27.0. The van der Waals surface area contributed by atoms with Crippen LogP contribution in [0, 0.1) is 0 Å². The molecule has 0 saturated carbocycles. The largest absolute Gasteiger partial charge is 0.444 e. The quantitative estimate of drug-likeness (QED) is 0.269. The van der Waals surface area contributed by atoms with E-state index in [9.17, 15) is 9.59 Å². The fourth-order valence-electron chi connectivity index (χ4n) is 3.69. The number of carbonyl (C=O) groups excluding carboxylic acids is 2. The summed E-state index contributed by atoms with van der Waals surface area (Å²) in [4.78, 5) is 29.0. The maximum Gasteiger partial charge on any atom is 0.412 e. The number of nitrogens with one attached hydrogen (secondary N) is 2. The van der Waals surface area contributed by atoms with E-state index in [1.807, 2.05) is 85.8 Å². The first-order chi connectivity index (χ1) is 18.3. The summed E-state index contributed by atoms with van der Waals surface area (Å²) in [6.45, 7) is 6.58. The molecule has 2 aromatic carbocycles. The van der Waals surface area contributed by atoms with Gasteiger partial charge in [-0.2, -0.15) is 0 Å². The maximum absolute atomic E-state index is 12.4. The molecule has 0 bridgehead atoms. The van der Waals surface area contributed by atoms with Gasteiger partial charge in [0, 0.05) is 17.4 Å². The second-order valence-corrected chi connectivity index (χ2v) is 9.64. The summed E-state index contributed by atoms with van der Waals surface area (Å²) in [5, 5.41) is 5.61. The first kappa shape index (κ1) is 26.8. The Morgan fingerprint density at radius 1 is 0.895 bits per heavy atom. The van der Waals surface area contributed by atoms with Gasteiger partial charge >= 0.3 is 6.09 Å². The van der Waals surface area contributed by atoms with E-state index in [0.717, 1.165) is 16.8 Å². The number of aromatic nitrogens is 2. The smallest absolute Gasteiger partial charge is 0.412 e. The Bertz CT molecular complexity index is 1380. The highest BCUT2D eigenvalue weighted by Crippen LogP contribution is 2.25. The molecule has 0 spiro atoms. The molecule has 0 radical (unpaired) electrons. The fourth-order valence-corrected chi connectivity index (χ4v) is 3.69. The van der Waals surface area contributed by atoms with Crippen LogP contribution in [0.15, 0.2) is 79.1 Å². The normalized spacial score (nSPS) is 11.3. The Labute approximate surface area is 221 Å². The number of anilines is 2. The molecule has 2 N–H and O–H groups in total. The number of nitrogens with zero attached hydrogens (tertiary/aromatic N) is 2. The van der Waals surface area contributed by atoms with Crippen LogP contribution in [0.25, 0.3) is 16.9 Å². The molecular weight excluding hydrogens is 484 g/mol. The van der Waals surface area contributed by atoms with Crippen LogP contribution in [0.1, 0.15) is 26.3 Å². The van der Waals surface area contributed by atoms with Gasteiger partial charge in [0.05, 0.1) is 37.4 Å². The maximum atomic E-state index is 12.4. The molecule has 4 aromatic rings. The van der Waals surface area contributed by atoms with E-state index in [-0.39, 0.29) is 12.5 Å². The van der Waals surface area contributed by atoms with Crippen molar-refractivity contribution >= 4 is 29.0 Å². The second-order valence-electron chi connectivity index (χ2n) is 9.64. The second kappa shape index (κ2) is 12.4. The Morgan fingerprint density at radius 3 is 2.47 bits per heavy atom. The zero-order valence-electron chi connectivity index (χ0n) is 21.8. The van der Waals surface area contributed by atoms with E-state index in [4.69, 9.17) is 14.2 Å². The van der Waals surface area contributed by atoms with Gasteiger partial charge in [-0.25, -0.2) is 9.78 Å². The van der Waals surface area contributed by atoms with Crippen molar-refractivity contribution in [2.24, 2.45) is 0 Å². The highest BCUT2D eigenvalue weighted by molar-refractivity contribution is 5.92. The molecule has 38 heavy (non-hydrogen) atoms. The number of rotatable bonds is 10. The highest BCUT2D eigenvalue weighted by atomic mass is 16.6. The number of fused-ring (bicyclic) bond motifs is 1. The predicted molar refractivity (Wildman–Crippen MR) is 146 cm³/mol. The van der Waals surface area contributed by atoms with Gasteiger partial charge in [-0.1, -0.05) is 42.5 Å². The first-order valence-electron chi connectivity index (χ1n) is 12.3. The zero-order valence-corrected chi connectivity index (χ0v) is 21.8. The van der Waals surface area contributed by atoms with Crippen LogP contribution >= 0.6 is 0 Å². The Morgan fingerprint density at radius 2 is 1.68 bits per heavy atom. The lowest BCUT2D eigenvalue weighted by atomic mass is 10.1. The van der Waals surface area contributed by atoms with Gasteiger partial charge in [0.25, 0.3) is 0 Å². The number of hydrogen-bond acceptors (Lipinski definition) is 6. The molecule has 0 aliphatic carbocycles. The summed E-state index contributed by atoms with van der Waals surface area (Å²) in [6.07, 6.45) is 2.99. The number of benzene rings is 2. The fraction of sp³-hybridized carbons (Fsp3) is 0.276. The summed E-state index contributed by atoms with van der Waals surface area (Å²) in [6, 6.07) is 20.9. The third kappa shape index (κ3) is 7.89. The summed E-state index contributed by atoms with van der Waals surface area (Å²) in [5.41, 5.74) is 4.06. The van der Waals surface area contributed by atoms with E-state index in [1.165, 1.54) is 0 Å². The Kier molecular flexibility index (Phi) is 8.73. The van der Waals surface area contributed by atoms with E-state index in [2.05, 4.69) is 15.6 Å². The third-order valence-corrected chi connectivity index (χ3v) is 5.31. The van der Waals surface area contributed by atoms with Crippen molar-refractivity contribution in [1.82, 2.24) is 9.38 Å². The number of ether oxygens (including phenoxy) is 3. The average molecular weight is 517 g/mol. The van der Waals surface area contributed by atoms with Gasteiger partial charge in [-0.15, -0.1) is 0 Å². The summed E-state index contributed by atoms with van der Waals surface area (Å²) >= 11 is 0. The molecule has 198 valence electrons. The number of hydrogen-bond donors (Lipinski definition) is 2. The van der Waals surface area contributed by atoms with Crippen LogP contribution < -0.4 is 10.6 Å². The van der Waals surface area contributed by atoms with Gasteiger partial charge < -0.3 is 19.5 Å². The molecule has 4 rings (SSSR count). The summed E-state index contributed by atoms with van der Waals surface area (Å²) < 4.78 is 18.2. The molecule has 2 aromatic heterocycles. The lowest BCUT2D eigenvalue weighted by Crippen LogP contribution is -2.27. The SMILES string of the molecule is CC(C)(C)OC(=O)Nc1ccc2ncc(-c3cccc(NC(=O)COCCOCc4ccccc4)c3)n2c1. The minimum atomic E-state index is -0.597. The molecular formula is C29H32N4O5. The molecule has 0 aliphatic heterocycles. The minimum absolute atomic E-state index is 0.0752. The van der Waals surface area contributed by atoms with Crippen molar-refractivity contribution in [2.45, 2.75) is 33.0 Å². The van der Waals surface area contributed by atoms with Gasteiger partial charge in [0.2, 0.25) is 5.91 Å². The van der Waals surface area contributed by atoms with Crippen LogP contribution in [0.2, 0.25) is 0 Å². The standard InChI is InChI=1S/C29H32N4O5/c1-29(2,3)38-28(35)32-24-12-13-26-30-17-25(33(26)18-24)22-10-7-11-23(16-22)31-27(34)20-37-15-14-36-19-21-8-5-4-6-9-21/h4-13,16-18H,14-15,19-20H2,1-3H3,(H,31,34)(H,32,35). The van der Waals surface area contributed by atoms with Gasteiger partial charge in [0.1, 0.15) is 17.9 Å². The van der Waals surface area contributed by atoms with Crippen molar-refractivity contribution in [2.75, 3.05) is 30.5 Å². The number of imidazole rings is 1. The molecule has 0 unspecified atom stereocenters. The van der Waals surface area contributed by atoms with Crippen LogP contribution in [-0.4, -0.2) is 46.8 Å². The summed E-state index contributed by atoms with van der Waals surface area (Å²) in [7, 11) is 0. The number of amides is 2. The minimum Gasteiger partial charge on any atom is -0.444 e. The van der Waals surface area contributed by atoms with E-state index < -0.39 is 11.7 Å². The average Bonchev–Trinajstić information content (AvgIpc) is 3.29. The van der Waals surface area contributed by atoms with E-state index in [1.54, 1.807) is 18.5 Å². The molecule has 0 atom stereocenters. The van der Waals surface area contributed by atoms with Crippen molar-refractivity contribution in [3.63, 3.8) is 0 Å². The van der Waals surface area contributed by atoms with Crippen LogP contribution in [-0.2, 0) is 25.6 Å². The van der Waals surface area contributed by atoms with Crippen LogP contribution in [0.5, 0.6) is 0 Å². The molecule has 0 saturated heterocycles. The van der Waals surface area contributed by atoms with Crippen molar-refractivity contribution < 1.29 is 23.8 Å². The lowest BCUT2D eigenvalue weighted by Gasteiger charge is -2.19. The van der Waals surface area contributed by atoms with Gasteiger partial charge in [-0.05, 0) is 50.6 Å². The predicted octanol–water partition coefficient (Wildman–Crippen LogP) is 5.52. The van der Waals surface area contributed by atoms with Crippen LogP contribution in [0.4, 0.5) is 16.2 Å². The van der Waals surface area contributed by atoms with E-state index >= 15 is 0 Å². The lowest BCUT2D eigenvalue weighted by molar-refractivity contribution is -0.121. The molecule has 9 nitrogen and oxygen atoms in total. The summed E-state index contributed by atoms with van der Waals surface area (Å²) in [5.74, 6) is -0.257. The molecule has 2 heterocycles. The van der Waals surface area contributed by atoms with E-state index in [0.29, 0.717) is 36.8 Å². The molecule has 0 fully saturated rings. The first-order valence-corrected chi connectivity index (χ1v) is 12.3. The van der Waals surface area contributed by atoms with Crippen molar-refractivity contribution in [3.05, 3.63) is 84.7 Å². The third-order valence-electron chi connectivity index (χ3n) is 5.31.